The van der Waals surface area contributed by atoms with Crippen LogP contribution in [0.5, 0.6) is 5.75 Å². The second-order valence-electron chi connectivity index (χ2n) is 6.14. The van der Waals surface area contributed by atoms with Crippen LogP contribution in [0.15, 0.2) is 33.5 Å². The Kier molecular flexibility index (Phi) is 6.08. The predicted octanol–water partition coefficient (Wildman–Crippen LogP) is 3.78. The van der Waals surface area contributed by atoms with Gasteiger partial charge in [-0.1, -0.05) is 6.42 Å². The van der Waals surface area contributed by atoms with Gasteiger partial charge in [0.15, 0.2) is 0 Å². The van der Waals surface area contributed by atoms with Crippen LogP contribution in [-0.4, -0.2) is 30.6 Å². The molecule has 0 bridgehead atoms. The third-order valence-corrected chi connectivity index (χ3v) is 4.51. The minimum atomic E-state index is -0.315. The van der Waals surface area contributed by atoms with Gasteiger partial charge in [0, 0.05) is 30.1 Å². The molecule has 1 aliphatic rings. The summed E-state index contributed by atoms with van der Waals surface area (Å²) >= 11 is 0. The summed E-state index contributed by atoms with van der Waals surface area (Å²) in [7, 11) is 0. The van der Waals surface area contributed by atoms with E-state index in [0.29, 0.717) is 18.2 Å². The van der Waals surface area contributed by atoms with Crippen LogP contribution in [0.1, 0.15) is 31.7 Å². The van der Waals surface area contributed by atoms with Crippen molar-refractivity contribution in [2.45, 2.75) is 39.2 Å². The van der Waals surface area contributed by atoms with Crippen LogP contribution in [0.2, 0.25) is 0 Å². The maximum absolute atomic E-state index is 11.5. The number of aryl methyl sites for hydroxylation is 1. The SMILES string of the molecule is Cc1cc(=O)oc2cc(OCCN3CCCCC3C)ccc12.Cl. The summed E-state index contributed by atoms with van der Waals surface area (Å²) in [5.41, 5.74) is 1.21. The van der Waals surface area contributed by atoms with Gasteiger partial charge < -0.3 is 9.15 Å². The van der Waals surface area contributed by atoms with E-state index < -0.39 is 0 Å². The summed E-state index contributed by atoms with van der Waals surface area (Å²) in [6.45, 7) is 6.96. The quantitative estimate of drug-likeness (QED) is 0.796. The molecule has 1 atom stereocenters. The van der Waals surface area contributed by atoms with E-state index in [4.69, 9.17) is 9.15 Å². The summed E-state index contributed by atoms with van der Waals surface area (Å²) in [6.07, 6.45) is 3.90. The molecule has 1 aromatic heterocycles. The van der Waals surface area contributed by atoms with Gasteiger partial charge in [-0.2, -0.15) is 0 Å². The molecule has 0 aliphatic carbocycles. The van der Waals surface area contributed by atoms with Gasteiger partial charge >= 0.3 is 5.63 Å². The zero-order valence-corrected chi connectivity index (χ0v) is 14.5. The van der Waals surface area contributed by atoms with Crippen LogP contribution in [0.25, 0.3) is 11.0 Å². The van der Waals surface area contributed by atoms with Crippen molar-refractivity contribution in [3.05, 3.63) is 40.2 Å². The van der Waals surface area contributed by atoms with Gasteiger partial charge in [0.2, 0.25) is 0 Å². The van der Waals surface area contributed by atoms with Crippen LogP contribution in [0.3, 0.4) is 0 Å². The first kappa shape index (κ1) is 17.8. The summed E-state index contributed by atoms with van der Waals surface area (Å²) in [5, 5.41) is 0.955. The van der Waals surface area contributed by atoms with Gasteiger partial charge in [0.1, 0.15) is 17.9 Å². The monoisotopic (exact) mass is 337 g/mol. The second-order valence-corrected chi connectivity index (χ2v) is 6.14. The molecular weight excluding hydrogens is 314 g/mol. The molecular formula is C18H24ClNO3. The molecule has 0 amide bonds. The molecule has 0 saturated carbocycles. The van der Waals surface area contributed by atoms with Crippen LogP contribution >= 0.6 is 12.4 Å². The Balaban J connectivity index is 0.00000192. The summed E-state index contributed by atoms with van der Waals surface area (Å²) < 4.78 is 11.1. The van der Waals surface area contributed by atoms with Crippen molar-refractivity contribution in [2.75, 3.05) is 19.7 Å². The highest BCUT2D eigenvalue weighted by Crippen LogP contribution is 2.22. The average molecular weight is 338 g/mol. The molecule has 23 heavy (non-hydrogen) atoms. The van der Waals surface area contributed by atoms with Crippen LogP contribution in [0.4, 0.5) is 0 Å². The van der Waals surface area contributed by atoms with Crippen LogP contribution < -0.4 is 10.4 Å². The van der Waals surface area contributed by atoms with Crippen molar-refractivity contribution in [1.82, 2.24) is 4.90 Å². The lowest BCUT2D eigenvalue weighted by Crippen LogP contribution is -2.39. The number of likely N-dealkylation sites (tertiary alicyclic amines) is 1. The molecule has 2 heterocycles. The van der Waals surface area contributed by atoms with Crippen molar-refractivity contribution in [1.29, 1.82) is 0 Å². The Bertz CT molecular complexity index is 713. The Hall–Kier alpha value is -1.52. The zero-order valence-electron chi connectivity index (χ0n) is 13.7. The number of hydrogen-bond acceptors (Lipinski definition) is 4. The first-order valence-corrected chi connectivity index (χ1v) is 8.05. The maximum atomic E-state index is 11.5. The van der Waals surface area contributed by atoms with Gasteiger partial charge in [-0.15, -0.1) is 12.4 Å². The van der Waals surface area contributed by atoms with E-state index in [1.807, 2.05) is 25.1 Å². The van der Waals surface area contributed by atoms with E-state index in [9.17, 15) is 4.79 Å². The van der Waals surface area contributed by atoms with Crippen LogP contribution in [-0.2, 0) is 0 Å². The lowest BCUT2D eigenvalue weighted by Gasteiger charge is -2.33. The second kappa shape index (κ2) is 7.84. The van der Waals surface area contributed by atoms with Crippen molar-refractivity contribution < 1.29 is 9.15 Å². The van der Waals surface area contributed by atoms with E-state index in [1.165, 1.54) is 25.3 Å². The molecule has 0 N–H and O–H groups in total. The number of benzene rings is 1. The van der Waals surface area contributed by atoms with Crippen molar-refractivity contribution in [3.63, 3.8) is 0 Å². The third kappa shape index (κ3) is 4.27. The smallest absolute Gasteiger partial charge is 0.336 e. The molecule has 1 fully saturated rings. The molecule has 5 heteroatoms. The fourth-order valence-corrected chi connectivity index (χ4v) is 3.17. The minimum absolute atomic E-state index is 0. The highest BCUT2D eigenvalue weighted by Gasteiger charge is 2.17. The maximum Gasteiger partial charge on any atom is 0.336 e. The first-order valence-electron chi connectivity index (χ1n) is 8.05. The fourth-order valence-electron chi connectivity index (χ4n) is 3.17. The number of hydrogen-bond donors (Lipinski definition) is 0. The molecule has 4 nitrogen and oxygen atoms in total. The lowest BCUT2D eigenvalue weighted by molar-refractivity contribution is 0.133. The zero-order chi connectivity index (χ0) is 15.5. The molecule has 3 rings (SSSR count). The van der Waals surface area contributed by atoms with Gasteiger partial charge in [-0.25, -0.2) is 4.79 Å². The number of piperidine rings is 1. The molecule has 126 valence electrons. The van der Waals surface area contributed by atoms with E-state index >= 15 is 0 Å². The standard InChI is InChI=1S/C18H23NO3.ClH/c1-13-11-18(20)22-17-12-15(6-7-16(13)17)21-10-9-19-8-4-3-5-14(19)2;/h6-7,11-12,14H,3-5,8-10H2,1-2H3;1H. The third-order valence-electron chi connectivity index (χ3n) is 4.51. The highest BCUT2D eigenvalue weighted by atomic mass is 35.5. The number of halogens is 1. The summed E-state index contributed by atoms with van der Waals surface area (Å²) in [6, 6.07) is 7.86. The molecule has 1 unspecified atom stereocenters. The van der Waals surface area contributed by atoms with Crippen molar-refractivity contribution >= 4 is 23.4 Å². The summed E-state index contributed by atoms with van der Waals surface area (Å²) in [5.74, 6) is 0.755. The van der Waals surface area contributed by atoms with E-state index in [0.717, 1.165) is 29.8 Å². The van der Waals surface area contributed by atoms with Crippen LogP contribution in [0, 0.1) is 6.92 Å². The number of fused-ring (bicyclic) bond motifs is 1. The normalized spacial score (nSPS) is 18.6. The number of ether oxygens (including phenoxy) is 1. The highest BCUT2D eigenvalue weighted by molar-refractivity contribution is 5.85. The number of nitrogens with zero attached hydrogens (tertiary/aromatic N) is 1. The lowest BCUT2D eigenvalue weighted by atomic mass is 10.0. The van der Waals surface area contributed by atoms with E-state index in [1.54, 1.807) is 0 Å². The fraction of sp³-hybridized carbons (Fsp3) is 0.500. The molecule has 1 aliphatic heterocycles. The molecule has 0 radical (unpaired) electrons. The Morgan fingerprint density at radius 1 is 1.30 bits per heavy atom. The Morgan fingerprint density at radius 2 is 2.13 bits per heavy atom. The Labute approximate surface area is 142 Å². The van der Waals surface area contributed by atoms with Crippen molar-refractivity contribution in [3.8, 4) is 5.75 Å². The molecule has 1 saturated heterocycles. The van der Waals surface area contributed by atoms with Gasteiger partial charge in [0.25, 0.3) is 0 Å². The van der Waals surface area contributed by atoms with Gasteiger partial charge in [-0.3, -0.25) is 4.90 Å². The summed E-state index contributed by atoms with van der Waals surface area (Å²) in [4.78, 5) is 13.9. The average Bonchev–Trinajstić information content (AvgIpc) is 2.48. The largest absolute Gasteiger partial charge is 0.492 e. The molecule has 0 spiro atoms. The van der Waals surface area contributed by atoms with E-state index in [-0.39, 0.29) is 18.0 Å². The Morgan fingerprint density at radius 3 is 2.91 bits per heavy atom. The van der Waals surface area contributed by atoms with Crippen molar-refractivity contribution in [2.24, 2.45) is 0 Å². The first-order chi connectivity index (χ1) is 10.6. The van der Waals surface area contributed by atoms with E-state index in [2.05, 4.69) is 11.8 Å². The predicted molar refractivity (Wildman–Crippen MR) is 94.9 cm³/mol. The minimum Gasteiger partial charge on any atom is -0.492 e. The van der Waals surface area contributed by atoms with Gasteiger partial charge in [-0.05, 0) is 50.9 Å². The number of rotatable bonds is 4. The molecule has 1 aromatic carbocycles. The topological polar surface area (TPSA) is 42.7 Å². The molecule has 2 aromatic rings. The van der Waals surface area contributed by atoms with Gasteiger partial charge in [0.05, 0.1) is 0 Å².